The number of ether oxygens (including phenoxy) is 1. The van der Waals surface area contributed by atoms with E-state index in [1.165, 1.54) is 17.4 Å². The highest BCUT2D eigenvalue weighted by Crippen LogP contribution is 2.31. The minimum Gasteiger partial charge on any atom is -0.371 e. The molecule has 1 aromatic heterocycles. The summed E-state index contributed by atoms with van der Waals surface area (Å²) < 4.78 is 5.54. The topological polar surface area (TPSA) is 64.1 Å². The molecule has 0 bridgehead atoms. The first-order chi connectivity index (χ1) is 10.3. The van der Waals surface area contributed by atoms with Crippen molar-refractivity contribution in [1.29, 1.82) is 0 Å². The molecule has 108 valence electrons. The molecule has 1 atom stereocenters. The summed E-state index contributed by atoms with van der Waals surface area (Å²) in [6, 6.07) is 9.66. The average Bonchev–Trinajstić information content (AvgIpc) is 3.17. The van der Waals surface area contributed by atoms with Crippen LogP contribution in [0.3, 0.4) is 0 Å². The molecule has 21 heavy (non-hydrogen) atoms. The van der Waals surface area contributed by atoms with E-state index in [0.717, 1.165) is 30.0 Å². The molecule has 6 heteroatoms. The maximum Gasteiger partial charge on any atom is 0.250 e. The van der Waals surface area contributed by atoms with E-state index in [1.54, 1.807) is 6.08 Å². The van der Waals surface area contributed by atoms with Crippen LogP contribution < -0.4 is 5.32 Å². The molecule has 0 radical (unpaired) electrons. The molecule has 1 aliphatic rings. The van der Waals surface area contributed by atoms with E-state index in [0.29, 0.717) is 5.13 Å². The first-order valence-corrected chi connectivity index (χ1v) is 7.62. The Bertz CT molecular complexity index is 633. The Morgan fingerprint density at radius 1 is 1.33 bits per heavy atom. The van der Waals surface area contributed by atoms with Crippen molar-refractivity contribution in [3.63, 3.8) is 0 Å². The number of hydrogen-bond acceptors (Lipinski definition) is 5. The Morgan fingerprint density at radius 2 is 2.19 bits per heavy atom. The first kappa shape index (κ1) is 13.9. The van der Waals surface area contributed by atoms with Crippen LogP contribution in [-0.2, 0) is 9.53 Å². The van der Waals surface area contributed by atoms with E-state index in [2.05, 4.69) is 15.5 Å². The normalized spacial score (nSPS) is 18.2. The third kappa shape index (κ3) is 3.74. The Labute approximate surface area is 126 Å². The van der Waals surface area contributed by atoms with Crippen molar-refractivity contribution in [2.75, 3.05) is 11.9 Å². The maximum atomic E-state index is 11.8. The number of carbonyl (C=O) groups excluding carboxylic acids is 1. The van der Waals surface area contributed by atoms with Gasteiger partial charge in [-0.3, -0.25) is 10.1 Å². The van der Waals surface area contributed by atoms with Crippen LogP contribution in [0, 0.1) is 0 Å². The van der Waals surface area contributed by atoms with Crippen molar-refractivity contribution < 1.29 is 9.53 Å². The Balaban J connectivity index is 1.58. The SMILES string of the molecule is O=C(C=Cc1ccccc1)Nc1nnc(C2CCCO2)s1. The zero-order chi connectivity index (χ0) is 14.5. The molecule has 5 nitrogen and oxygen atoms in total. The summed E-state index contributed by atoms with van der Waals surface area (Å²) in [6.07, 6.45) is 5.30. The van der Waals surface area contributed by atoms with E-state index in [-0.39, 0.29) is 12.0 Å². The quantitative estimate of drug-likeness (QED) is 0.882. The first-order valence-electron chi connectivity index (χ1n) is 6.80. The average molecular weight is 301 g/mol. The van der Waals surface area contributed by atoms with Crippen LogP contribution in [0.25, 0.3) is 6.08 Å². The molecule has 2 aromatic rings. The lowest BCUT2D eigenvalue weighted by molar-refractivity contribution is -0.111. The van der Waals surface area contributed by atoms with Crippen molar-refractivity contribution in [3.8, 4) is 0 Å². The number of amides is 1. The van der Waals surface area contributed by atoms with Gasteiger partial charge in [-0.25, -0.2) is 0 Å². The van der Waals surface area contributed by atoms with Gasteiger partial charge in [0.1, 0.15) is 11.1 Å². The second-order valence-corrected chi connectivity index (χ2v) is 5.69. The number of nitrogens with zero attached hydrogens (tertiary/aromatic N) is 2. The van der Waals surface area contributed by atoms with E-state index in [4.69, 9.17) is 4.74 Å². The summed E-state index contributed by atoms with van der Waals surface area (Å²) in [7, 11) is 0. The lowest BCUT2D eigenvalue weighted by Crippen LogP contribution is -2.07. The number of nitrogens with one attached hydrogen (secondary N) is 1. The molecule has 1 N–H and O–H groups in total. The number of rotatable bonds is 4. The largest absolute Gasteiger partial charge is 0.371 e. The van der Waals surface area contributed by atoms with Crippen molar-refractivity contribution >= 4 is 28.5 Å². The van der Waals surface area contributed by atoms with Crippen molar-refractivity contribution in [3.05, 3.63) is 47.0 Å². The predicted octanol–water partition coefficient (Wildman–Crippen LogP) is 3.04. The highest BCUT2D eigenvalue weighted by molar-refractivity contribution is 7.15. The summed E-state index contributed by atoms with van der Waals surface area (Å²) in [5.41, 5.74) is 0.977. The number of aromatic nitrogens is 2. The van der Waals surface area contributed by atoms with Gasteiger partial charge in [0.05, 0.1) is 0 Å². The van der Waals surface area contributed by atoms with Crippen LogP contribution in [0.5, 0.6) is 0 Å². The molecule has 1 amide bonds. The fourth-order valence-electron chi connectivity index (χ4n) is 2.07. The summed E-state index contributed by atoms with van der Waals surface area (Å²) in [5, 5.41) is 12.1. The van der Waals surface area contributed by atoms with E-state index in [1.807, 2.05) is 30.3 Å². The Kier molecular flexibility index (Phi) is 4.37. The van der Waals surface area contributed by atoms with Gasteiger partial charge in [0.2, 0.25) is 11.0 Å². The number of carbonyl (C=O) groups is 1. The number of anilines is 1. The van der Waals surface area contributed by atoms with Gasteiger partial charge in [-0.1, -0.05) is 41.7 Å². The van der Waals surface area contributed by atoms with Gasteiger partial charge in [0.15, 0.2) is 0 Å². The van der Waals surface area contributed by atoms with Gasteiger partial charge in [-0.15, -0.1) is 10.2 Å². The molecule has 1 fully saturated rings. The monoisotopic (exact) mass is 301 g/mol. The highest BCUT2D eigenvalue weighted by Gasteiger charge is 2.22. The molecule has 1 aliphatic heterocycles. The van der Waals surface area contributed by atoms with Crippen molar-refractivity contribution in [1.82, 2.24) is 10.2 Å². The van der Waals surface area contributed by atoms with Gasteiger partial charge in [0, 0.05) is 12.7 Å². The molecule has 0 aliphatic carbocycles. The van der Waals surface area contributed by atoms with Crippen LogP contribution in [0.4, 0.5) is 5.13 Å². The van der Waals surface area contributed by atoms with Gasteiger partial charge in [0.25, 0.3) is 0 Å². The van der Waals surface area contributed by atoms with E-state index < -0.39 is 0 Å². The number of benzene rings is 1. The van der Waals surface area contributed by atoms with Gasteiger partial charge in [-0.05, 0) is 24.5 Å². The fourth-order valence-corrected chi connectivity index (χ4v) is 2.90. The summed E-state index contributed by atoms with van der Waals surface area (Å²) >= 11 is 1.37. The van der Waals surface area contributed by atoms with Gasteiger partial charge < -0.3 is 4.74 Å². The van der Waals surface area contributed by atoms with Crippen LogP contribution in [0.1, 0.15) is 29.5 Å². The zero-order valence-corrected chi connectivity index (χ0v) is 12.2. The lowest BCUT2D eigenvalue weighted by Gasteiger charge is -2.01. The second kappa shape index (κ2) is 6.60. The number of hydrogen-bond donors (Lipinski definition) is 1. The Morgan fingerprint density at radius 3 is 2.95 bits per heavy atom. The minimum absolute atomic E-state index is 0.0352. The molecule has 0 spiro atoms. The van der Waals surface area contributed by atoms with Crippen molar-refractivity contribution in [2.45, 2.75) is 18.9 Å². The van der Waals surface area contributed by atoms with Gasteiger partial charge >= 0.3 is 0 Å². The van der Waals surface area contributed by atoms with E-state index in [9.17, 15) is 4.79 Å². The van der Waals surface area contributed by atoms with E-state index >= 15 is 0 Å². The molecular formula is C15H15N3O2S. The molecule has 1 unspecified atom stereocenters. The summed E-state index contributed by atoms with van der Waals surface area (Å²) in [4.78, 5) is 11.8. The van der Waals surface area contributed by atoms with Crippen LogP contribution in [0.2, 0.25) is 0 Å². The fraction of sp³-hybridized carbons (Fsp3) is 0.267. The van der Waals surface area contributed by atoms with Crippen molar-refractivity contribution in [2.24, 2.45) is 0 Å². The molecule has 0 saturated carbocycles. The second-order valence-electron chi connectivity index (χ2n) is 4.68. The van der Waals surface area contributed by atoms with Crippen LogP contribution >= 0.6 is 11.3 Å². The summed E-state index contributed by atoms with van der Waals surface area (Å²) in [6.45, 7) is 0.770. The maximum absolute atomic E-state index is 11.8. The smallest absolute Gasteiger partial charge is 0.250 e. The molecule has 3 rings (SSSR count). The molecule has 1 aromatic carbocycles. The minimum atomic E-state index is -0.214. The lowest BCUT2D eigenvalue weighted by atomic mass is 10.2. The highest BCUT2D eigenvalue weighted by atomic mass is 32.1. The van der Waals surface area contributed by atoms with Gasteiger partial charge in [-0.2, -0.15) is 0 Å². The summed E-state index contributed by atoms with van der Waals surface area (Å²) in [5.74, 6) is -0.214. The Hall–Kier alpha value is -2.05. The zero-order valence-electron chi connectivity index (χ0n) is 11.4. The predicted molar refractivity (Wildman–Crippen MR) is 81.9 cm³/mol. The third-order valence-electron chi connectivity index (χ3n) is 3.10. The molecular weight excluding hydrogens is 286 g/mol. The van der Waals surface area contributed by atoms with Crippen LogP contribution in [0.15, 0.2) is 36.4 Å². The molecule has 1 saturated heterocycles. The molecule has 2 heterocycles. The third-order valence-corrected chi connectivity index (χ3v) is 4.03. The van der Waals surface area contributed by atoms with Crippen LogP contribution in [-0.4, -0.2) is 22.7 Å². The standard InChI is InChI=1S/C15H15N3O2S/c19-13(9-8-11-5-2-1-3-6-11)16-15-18-17-14(21-15)12-7-4-10-20-12/h1-3,5-6,8-9,12H,4,7,10H2,(H,16,18,19).